The molecule has 1 atom stereocenters. The minimum atomic E-state index is -0.0828. The molecule has 0 aromatic heterocycles. The average Bonchev–Trinajstić information content (AvgIpc) is 2.48. The molecule has 0 amide bonds. The zero-order valence-electron chi connectivity index (χ0n) is 11.8. The molecule has 0 heterocycles. The Morgan fingerprint density at radius 3 is 2.45 bits per heavy atom. The van der Waals surface area contributed by atoms with Crippen LogP contribution in [0.25, 0.3) is 0 Å². The first kappa shape index (κ1) is 16.0. The molecule has 0 aliphatic heterocycles. The summed E-state index contributed by atoms with van der Waals surface area (Å²) in [6.45, 7) is 4.36. The van der Waals surface area contributed by atoms with Gasteiger partial charge in [-0.1, -0.05) is 48.0 Å². The van der Waals surface area contributed by atoms with Crippen LogP contribution in [-0.2, 0) is 12.8 Å². The van der Waals surface area contributed by atoms with Gasteiger partial charge in [0.05, 0.1) is 6.04 Å². The van der Waals surface area contributed by atoms with Gasteiger partial charge in [-0.15, -0.1) is 0 Å². The molecule has 0 radical (unpaired) electrons. The molecular formula is C17H19BrIN. The van der Waals surface area contributed by atoms with Crippen molar-refractivity contribution in [1.82, 2.24) is 0 Å². The average molecular weight is 444 g/mol. The maximum absolute atomic E-state index is 6.55. The molecule has 1 nitrogen and oxygen atoms in total. The first-order chi connectivity index (χ1) is 9.56. The van der Waals surface area contributed by atoms with Crippen molar-refractivity contribution < 1.29 is 0 Å². The van der Waals surface area contributed by atoms with E-state index in [1.165, 1.54) is 20.3 Å². The molecule has 0 bridgehead atoms. The van der Waals surface area contributed by atoms with Crippen molar-refractivity contribution in [2.45, 2.75) is 32.7 Å². The molecule has 0 aliphatic rings. The lowest BCUT2D eigenvalue weighted by atomic mass is 9.92. The van der Waals surface area contributed by atoms with Gasteiger partial charge >= 0.3 is 0 Å². The summed E-state index contributed by atoms with van der Waals surface area (Å²) < 4.78 is 2.29. The molecule has 2 N–H and O–H groups in total. The van der Waals surface area contributed by atoms with E-state index in [9.17, 15) is 0 Å². The third kappa shape index (κ3) is 3.43. The molecule has 106 valence electrons. The predicted molar refractivity (Wildman–Crippen MR) is 98.1 cm³/mol. The van der Waals surface area contributed by atoms with Crippen LogP contribution in [0.1, 0.15) is 42.1 Å². The Morgan fingerprint density at radius 1 is 1.05 bits per heavy atom. The van der Waals surface area contributed by atoms with Crippen LogP contribution in [0.3, 0.4) is 0 Å². The fourth-order valence-electron chi connectivity index (χ4n) is 2.40. The summed E-state index contributed by atoms with van der Waals surface area (Å²) in [7, 11) is 0. The largest absolute Gasteiger partial charge is 0.320 e. The summed E-state index contributed by atoms with van der Waals surface area (Å²) in [6.07, 6.45) is 2.05. The van der Waals surface area contributed by atoms with E-state index in [1.54, 1.807) is 0 Å². The van der Waals surface area contributed by atoms with Gasteiger partial charge < -0.3 is 5.73 Å². The second-order valence-corrected chi connectivity index (χ2v) is 6.98. The van der Waals surface area contributed by atoms with Crippen molar-refractivity contribution in [3.63, 3.8) is 0 Å². The second-order valence-electron chi connectivity index (χ2n) is 4.88. The van der Waals surface area contributed by atoms with Crippen molar-refractivity contribution in [3.05, 3.63) is 66.7 Å². The quantitative estimate of drug-likeness (QED) is 0.643. The van der Waals surface area contributed by atoms with E-state index in [0.29, 0.717) is 0 Å². The zero-order valence-corrected chi connectivity index (χ0v) is 15.5. The van der Waals surface area contributed by atoms with Gasteiger partial charge in [-0.05, 0) is 75.9 Å². The van der Waals surface area contributed by atoms with Crippen LogP contribution in [0.2, 0.25) is 0 Å². The van der Waals surface area contributed by atoms with Crippen LogP contribution < -0.4 is 5.73 Å². The lowest BCUT2D eigenvalue weighted by Gasteiger charge is -2.19. The lowest BCUT2D eigenvalue weighted by Crippen LogP contribution is -2.15. The first-order valence-corrected chi connectivity index (χ1v) is 8.76. The van der Waals surface area contributed by atoms with Crippen LogP contribution in [0.4, 0.5) is 0 Å². The van der Waals surface area contributed by atoms with Crippen LogP contribution in [0.15, 0.2) is 40.9 Å². The number of nitrogens with two attached hydrogens (primary N) is 1. The summed E-state index contributed by atoms with van der Waals surface area (Å²) in [5, 5.41) is 0. The highest BCUT2D eigenvalue weighted by atomic mass is 127. The van der Waals surface area contributed by atoms with Gasteiger partial charge in [-0.3, -0.25) is 0 Å². The molecule has 0 aliphatic carbocycles. The van der Waals surface area contributed by atoms with Crippen molar-refractivity contribution in [3.8, 4) is 0 Å². The van der Waals surface area contributed by atoms with E-state index in [4.69, 9.17) is 5.73 Å². The van der Waals surface area contributed by atoms with Crippen LogP contribution in [-0.4, -0.2) is 0 Å². The van der Waals surface area contributed by atoms with E-state index in [1.807, 2.05) is 0 Å². The molecule has 1 unspecified atom stereocenters. The molecule has 20 heavy (non-hydrogen) atoms. The molecule has 2 rings (SSSR count). The van der Waals surface area contributed by atoms with Crippen molar-refractivity contribution >= 4 is 38.5 Å². The molecule has 3 heteroatoms. The van der Waals surface area contributed by atoms with Crippen molar-refractivity contribution in [1.29, 1.82) is 0 Å². The second kappa shape index (κ2) is 7.05. The first-order valence-electron chi connectivity index (χ1n) is 6.89. The molecular weight excluding hydrogens is 425 g/mol. The van der Waals surface area contributed by atoms with Gasteiger partial charge in [-0.2, -0.15) is 0 Å². The summed E-state index contributed by atoms with van der Waals surface area (Å²) in [5.74, 6) is 0. The van der Waals surface area contributed by atoms with Gasteiger partial charge in [0.15, 0.2) is 0 Å². The third-order valence-corrected chi connectivity index (χ3v) is 5.02. The SMILES string of the molecule is CCc1ccc(CC)c(C(N)c2cc(I)ccc2Br)c1. The Labute approximate surface area is 143 Å². The van der Waals surface area contributed by atoms with Crippen molar-refractivity contribution in [2.75, 3.05) is 0 Å². The minimum absolute atomic E-state index is 0.0828. The van der Waals surface area contributed by atoms with Gasteiger partial charge in [0, 0.05) is 8.04 Å². The van der Waals surface area contributed by atoms with E-state index in [-0.39, 0.29) is 6.04 Å². The Hall–Kier alpha value is -0.390. The molecule has 2 aromatic rings. The Balaban J connectivity index is 2.51. The van der Waals surface area contributed by atoms with Crippen LogP contribution >= 0.6 is 38.5 Å². The van der Waals surface area contributed by atoms with Gasteiger partial charge in [0.2, 0.25) is 0 Å². The van der Waals surface area contributed by atoms with Crippen molar-refractivity contribution in [2.24, 2.45) is 5.73 Å². The zero-order chi connectivity index (χ0) is 14.7. The number of hydrogen-bond acceptors (Lipinski definition) is 1. The predicted octanol–water partition coefficient (Wildman–Crippen LogP) is 5.23. The lowest BCUT2D eigenvalue weighted by molar-refractivity contribution is 0.839. The summed E-state index contributed by atoms with van der Waals surface area (Å²) in [6, 6.07) is 12.9. The highest BCUT2D eigenvalue weighted by Gasteiger charge is 2.16. The molecule has 0 spiro atoms. The number of aryl methyl sites for hydroxylation is 2. The highest BCUT2D eigenvalue weighted by molar-refractivity contribution is 14.1. The molecule has 0 saturated carbocycles. The van der Waals surface area contributed by atoms with Crippen LogP contribution in [0.5, 0.6) is 0 Å². The molecule has 2 aromatic carbocycles. The van der Waals surface area contributed by atoms with Crippen LogP contribution in [0, 0.1) is 3.57 Å². The van der Waals surface area contributed by atoms with E-state index < -0.39 is 0 Å². The van der Waals surface area contributed by atoms with E-state index >= 15 is 0 Å². The standard InChI is InChI=1S/C17H19BrIN/c1-3-11-5-6-12(4-2)14(9-11)17(20)15-10-13(19)7-8-16(15)18/h5-10,17H,3-4,20H2,1-2H3. The number of rotatable bonds is 4. The van der Waals surface area contributed by atoms with E-state index in [0.717, 1.165) is 22.9 Å². The summed E-state index contributed by atoms with van der Waals surface area (Å²) in [5.41, 5.74) is 11.6. The van der Waals surface area contributed by atoms with Gasteiger partial charge in [-0.25, -0.2) is 0 Å². The Bertz CT molecular complexity index is 610. The Morgan fingerprint density at radius 2 is 1.80 bits per heavy atom. The van der Waals surface area contributed by atoms with E-state index in [2.05, 4.69) is 88.8 Å². The summed E-state index contributed by atoms with van der Waals surface area (Å²) >= 11 is 5.96. The fourth-order valence-corrected chi connectivity index (χ4v) is 3.40. The number of benzene rings is 2. The van der Waals surface area contributed by atoms with Gasteiger partial charge in [0.25, 0.3) is 0 Å². The number of hydrogen-bond donors (Lipinski definition) is 1. The molecule has 0 saturated heterocycles. The summed E-state index contributed by atoms with van der Waals surface area (Å²) in [4.78, 5) is 0. The normalized spacial score (nSPS) is 12.4. The monoisotopic (exact) mass is 443 g/mol. The smallest absolute Gasteiger partial charge is 0.0566 e. The minimum Gasteiger partial charge on any atom is -0.320 e. The maximum Gasteiger partial charge on any atom is 0.0566 e. The number of halogens is 2. The third-order valence-electron chi connectivity index (χ3n) is 3.63. The fraction of sp³-hybridized carbons (Fsp3) is 0.294. The van der Waals surface area contributed by atoms with Gasteiger partial charge in [0.1, 0.15) is 0 Å². The highest BCUT2D eigenvalue weighted by Crippen LogP contribution is 2.31. The maximum atomic E-state index is 6.55. The Kier molecular flexibility index (Phi) is 5.64. The topological polar surface area (TPSA) is 26.0 Å². The molecule has 0 fully saturated rings.